The highest BCUT2D eigenvalue weighted by atomic mass is 16.5. The molecule has 8 N–H and O–H groups in total. The molecule has 0 spiro atoms. The van der Waals surface area contributed by atoms with Crippen LogP contribution in [-0.2, 0) is 5.41 Å². The van der Waals surface area contributed by atoms with Gasteiger partial charge in [-0.15, -0.1) is 0 Å². The molecular weight excluding hydrogens is 580 g/mol. The van der Waals surface area contributed by atoms with Gasteiger partial charge in [0.2, 0.25) is 0 Å². The van der Waals surface area contributed by atoms with Gasteiger partial charge in [-0.2, -0.15) is 0 Å². The second-order valence-electron chi connectivity index (χ2n) is 12.1. The lowest BCUT2D eigenvalue weighted by Gasteiger charge is -2.30. The second-order valence-corrected chi connectivity index (χ2v) is 12.1. The van der Waals surface area contributed by atoms with Crippen LogP contribution in [0.2, 0.25) is 0 Å². The number of anilines is 4. The third-order valence-electron chi connectivity index (χ3n) is 8.13. The van der Waals surface area contributed by atoms with Gasteiger partial charge in [-0.1, -0.05) is 62.4 Å². The summed E-state index contributed by atoms with van der Waals surface area (Å²) in [6.07, 6.45) is 0. The summed E-state index contributed by atoms with van der Waals surface area (Å²) in [4.78, 5) is 0. The van der Waals surface area contributed by atoms with Gasteiger partial charge in [0.25, 0.3) is 0 Å². The lowest BCUT2D eigenvalue weighted by Crippen LogP contribution is -2.20. The van der Waals surface area contributed by atoms with E-state index in [2.05, 4.69) is 52.0 Å². The highest BCUT2D eigenvalue weighted by Crippen LogP contribution is 2.43. The van der Waals surface area contributed by atoms with E-state index in [4.69, 9.17) is 32.4 Å². The Hall–Kier alpha value is -5.88. The molecular formula is C41H42N4O2. The zero-order valence-electron chi connectivity index (χ0n) is 27.3. The Morgan fingerprint density at radius 1 is 0.426 bits per heavy atom. The van der Waals surface area contributed by atoms with Crippen molar-refractivity contribution in [1.82, 2.24) is 0 Å². The zero-order valence-corrected chi connectivity index (χ0v) is 27.3. The van der Waals surface area contributed by atoms with E-state index in [0.29, 0.717) is 11.4 Å². The fourth-order valence-electron chi connectivity index (χ4n) is 5.59. The lowest BCUT2D eigenvalue weighted by molar-refractivity contribution is 0.445. The van der Waals surface area contributed by atoms with Crippen molar-refractivity contribution < 1.29 is 9.47 Å². The number of benzene rings is 6. The lowest BCUT2D eigenvalue weighted by atomic mass is 9.77. The van der Waals surface area contributed by atoms with Gasteiger partial charge in [-0.3, -0.25) is 0 Å². The van der Waals surface area contributed by atoms with Crippen LogP contribution >= 0.6 is 0 Å². The molecule has 0 atom stereocenters. The molecule has 0 aromatic heterocycles. The van der Waals surface area contributed by atoms with E-state index in [9.17, 15) is 0 Å². The van der Waals surface area contributed by atoms with Gasteiger partial charge in [0.15, 0.2) is 0 Å². The van der Waals surface area contributed by atoms with Gasteiger partial charge in [0.1, 0.15) is 23.0 Å². The number of hydrogen-bond acceptors (Lipinski definition) is 6. The third kappa shape index (κ3) is 7.86. The summed E-state index contributed by atoms with van der Waals surface area (Å²) in [6, 6.07) is 42.9. The minimum Gasteiger partial charge on any atom is -0.457 e. The van der Waals surface area contributed by atoms with Gasteiger partial charge in [0.05, 0.1) is 0 Å². The summed E-state index contributed by atoms with van der Waals surface area (Å²) in [7, 11) is 0. The van der Waals surface area contributed by atoms with Crippen LogP contribution in [0.5, 0.6) is 23.0 Å². The van der Waals surface area contributed by atoms with Crippen molar-refractivity contribution in [2.45, 2.75) is 33.1 Å². The number of nitrogens with two attached hydrogens (primary N) is 4. The molecule has 6 heteroatoms. The fraction of sp³-hybridized carbons (Fsp3) is 0.122. The average Bonchev–Trinajstić information content (AvgIpc) is 3.04. The smallest absolute Gasteiger partial charge is 0.131 e. The van der Waals surface area contributed by atoms with E-state index in [1.54, 1.807) is 0 Å². The van der Waals surface area contributed by atoms with Crippen molar-refractivity contribution in [3.63, 3.8) is 0 Å². The Balaban J connectivity index is 0.000000227. The molecule has 0 saturated carbocycles. The molecule has 6 rings (SSSR count). The first-order valence-corrected chi connectivity index (χ1v) is 15.5. The second kappa shape index (κ2) is 14.0. The first-order valence-electron chi connectivity index (χ1n) is 15.5. The first-order chi connectivity index (χ1) is 22.5. The Bertz CT molecular complexity index is 1820. The van der Waals surface area contributed by atoms with Crippen molar-refractivity contribution in [3.8, 4) is 34.1 Å². The predicted molar refractivity (Wildman–Crippen MR) is 197 cm³/mol. The Kier molecular flexibility index (Phi) is 9.71. The maximum atomic E-state index is 6.23. The molecule has 0 radical (unpaired) electrons. The number of ether oxygens (including phenoxy) is 2. The molecule has 238 valence electrons. The highest BCUT2D eigenvalue weighted by molar-refractivity contribution is 5.74. The number of rotatable bonds is 7. The first kappa shape index (κ1) is 32.5. The van der Waals surface area contributed by atoms with Gasteiger partial charge in [0, 0.05) is 39.3 Å². The van der Waals surface area contributed by atoms with Crippen LogP contribution in [0.3, 0.4) is 0 Å². The maximum absolute atomic E-state index is 6.23. The monoisotopic (exact) mass is 622 g/mol. The Morgan fingerprint density at radius 2 is 0.766 bits per heavy atom. The van der Waals surface area contributed by atoms with Gasteiger partial charge < -0.3 is 32.4 Å². The van der Waals surface area contributed by atoms with Crippen LogP contribution in [-0.4, -0.2) is 0 Å². The minimum absolute atomic E-state index is 0.380. The van der Waals surface area contributed by atoms with Gasteiger partial charge in [-0.05, 0) is 121 Å². The normalized spacial score (nSPS) is 10.9. The molecule has 0 bridgehead atoms. The van der Waals surface area contributed by atoms with Crippen molar-refractivity contribution in [3.05, 3.63) is 156 Å². The minimum atomic E-state index is -0.380. The average molecular weight is 623 g/mol. The molecule has 0 aliphatic rings. The van der Waals surface area contributed by atoms with Gasteiger partial charge in [-0.25, -0.2) is 0 Å². The highest BCUT2D eigenvalue weighted by Gasteiger charge is 2.30. The van der Waals surface area contributed by atoms with Crippen LogP contribution in [0, 0.1) is 13.8 Å². The van der Waals surface area contributed by atoms with E-state index in [1.165, 1.54) is 22.3 Å². The molecule has 47 heavy (non-hydrogen) atoms. The third-order valence-corrected chi connectivity index (χ3v) is 8.13. The van der Waals surface area contributed by atoms with E-state index in [-0.39, 0.29) is 5.41 Å². The maximum Gasteiger partial charge on any atom is 0.131 e. The molecule has 6 aromatic rings. The quantitative estimate of drug-likeness (QED) is 0.131. The largest absolute Gasteiger partial charge is 0.457 e. The fourth-order valence-corrected chi connectivity index (χ4v) is 5.59. The topological polar surface area (TPSA) is 123 Å². The molecule has 0 saturated heterocycles. The van der Waals surface area contributed by atoms with Crippen molar-refractivity contribution in [1.29, 1.82) is 0 Å². The van der Waals surface area contributed by atoms with Crippen LogP contribution < -0.4 is 32.4 Å². The van der Waals surface area contributed by atoms with E-state index >= 15 is 0 Å². The summed E-state index contributed by atoms with van der Waals surface area (Å²) in [6.45, 7) is 8.48. The summed E-state index contributed by atoms with van der Waals surface area (Å²) >= 11 is 0. The van der Waals surface area contributed by atoms with E-state index in [0.717, 1.165) is 45.5 Å². The molecule has 0 aliphatic carbocycles. The van der Waals surface area contributed by atoms with Crippen molar-refractivity contribution in [2.75, 3.05) is 22.9 Å². The number of hydrogen-bond donors (Lipinski definition) is 4. The summed E-state index contributed by atoms with van der Waals surface area (Å²) in [5.41, 5.74) is 32.7. The standard InChI is InChI=1S/C27H26N2O2.C14H16N2/c1-27(2,23-7-3-5-9-25(23)30-21-15-11-19(28)12-16-21)24-8-4-6-10-26(24)31-22-17-13-20(29)14-18-22;1-9-7-11(15)3-5-13(9)14-6-4-12(16)8-10(14)2/h3-18H,28-29H2,1-2H3;3-8H,15-16H2,1-2H3. The van der Waals surface area contributed by atoms with Crippen LogP contribution in [0.1, 0.15) is 36.1 Å². The summed E-state index contributed by atoms with van der Waals surface area (Å²) < 4.78 is 12.5. The Labute approximate surface area is 277 Å². The van der Waals surface area contributed by atoms with E-state index < -0.39 is 0 Å². The molecule has 6 aromatic carbocycles. The van der Waals surface area contributed by atoms with Crippen LogP contribution in [0.4, 0.5) is 22.7 Å². The van der Waals surface area contributed by atoms with Crippen molar-refractivity contribution >= 4 is 22.7 Å². The molecule has 0 fully saturated rings. The molecule has 0 aliphatic heterocycles. The van der Waals surface area contributed by atoms with Crippen LogP contribution in [0.25, 0.3) is 11.1 Å². The van der Waals surface area contributed by atoms with Crippen LogP contribution in [0.15, 0.2) is 133 Å². The SMILES string of the molecule is CC(C)(c1ccccc1Oc1ccc(N)cc1)c1ccccc1Oc1ccc(N)cc1.Cc1cc(N)ccc1-c1ccc(N)cc1C. The number of para-hydroxylation sites is 2. The molecule has 0 unspecified atom stereocenters. The summed E-state index contributed by atoms with van der Waals surface area (Å²) in [5, 5.41) is 0. The Morgan fingerprint density at radius 3 is 1.13 bits per heavy atom. The summed E-state index contributed by atoms with van der Waals surface area (Å²) in [5.74, 6) is 3.06. The zero-order chi connectivity index (χ0) is 33.6. The number of nitrogen functional groups attached to an aromatic ring is 4. The van der Waals surface area contributed by atoms with E-state index in [1.807, 2.05) is 109 Å². The number of aryl methyl sites for hydroxylation is 2. The predicted octanol–water partition coefficient (Wildman–Crippen LogP) is 9.90. The molecule has 6 nitrogen and oxygen atoms in total. The van der Waals surface area contributed by atoms with Gasteiger partial charge >= 0.3 is 0 Å². The van der Waals surface area contributed by atoms with Crippen molar-refractivity contribution in [2.24, 2.45) is 0 Å². The molecule has 0 heterocycles. The molecule has 0 amide bonds.